The third kappa shape index (κ3) is 2.45. The summed E-state index contributed by atoms with van der Waals surface area (Å²) in [6.45, 7) is 1.50. The first-order chi connectivity index (χ1) is 10.1. The van der Waals surface area contributed by atoms with Gasteiger partial charge in [0, 0.05) is 11.8 Å². The highest BCUT2D eigenvalue weighted by atomic mass is 19.1. The third-order valence-electron chi connectivity index (χ3n) is 3.67. The van der Waals surface area contributed by atoms with Gasteiger partial charge >= 0.3 is 0 Å². The minimum absolute atomic E-state index is 0.0138. The Kier molecular flexibility index (Phi) is 3.30. The van der Waals surface area contributed by atoms with E-state index in [1.54, 1.807) is 6.07 Å². The van der Waals surface area contributed by atoms with Gasteiger partial charge in [0.2, 0.25) is 0 Å². The second-order valence-electron chi connectivity index (χ2n) is 5.16. The Morgan fingerprint density at radius 3 is 2.76 bits per heavy atom. The van der Waals surface area contributed by atoms with Crippen molar-refractivity contribution < 1.29 is 8.78 Å². The van der Waals surface area contributed by atoms with Gasteiger partial charge in [0.25, 0.3) is 0 Å². The van der Waals surface area contributed by atoms with E-state index in [0.717, 1.165) is 42.7 Å². The summed E-state index contributed by atoms with van der Waals surface area (Å²) in [5.74, 6) is -0.793. The maximum absolute atomic E-state index is 13.9. The fraction of sp³-hybridized carbons (Fsp3) is 0.250. The van der Waals surface area contributed by atoms with Crippen molar-refractivity contribution in [3.05, 3.63) is 52.2 Å². The quantitative estimate of drug-likeness (QED) is 0.913. The molecule has 5 heteroatoms. The molecule has 1 aliphatic rings. The lowest BCUT2D eigenvalue weighted by Gasteiger charge is -2.11. The average molecular weight is 285 g/mol. The van der Waals surface area contributed by atoms with Crippen LogP contribution in [0.2, 0.25) is 0 Å². The lowest BCUT2D eigenvalue weighted by atomic mass is 10.1. The van der Waals surface area contributed by atoms with Crippen LogP contribution in [0, 0.1) is 29.9 Å². The van der Waals surface area contributed by atoms with Gasteiger partial charge < -0.3 is 5.32 Å². The van der Waals surface area contributed by atoms with E-state index in [0.29, 0.717) is 5.56 Å². The molecule has 0 saturated carbocycles. The first-order valence-electron chi connectivity index (χ1n) is 6.74. The molecule has 21 heavy (non-hydrogen) atoms. The molecule has 1 aromatic carbocycles. The fourth-order valence-electron chi connectivity index (χ4n) is 2.52. The molecule has 3 nitrogen and oxygen atoms in total. The van der Waals surface area contributed by atoms with Gasteiger partial charge in [-0.05, 0) is 49.4 Å². The number of aromatic nitrogens is 1. The summed E-state index contributed by atoms with van der Waals surface area (Å²) in [7, 11) is 0. The van der Waals surface area contributed by atoms with Crippen molar-refractivity contribution in [2.75, 3.05) is 5.32 Å². The molecule has 106 valence electrons. The number of aryl methyl sites for hydroxylation is 3. The van der Waals surface area contributed by atoms with Crippen LogP contribution >= 0.6 is 0 Å². The van der Waals surface area contributed by atoms with Crippen LogP contribution in [-0.2, 0) is 12.8 Å². The summed E-state index contributed by atoms with van der Waals surface area (Å²) in [4.78, 5) is 4.39. The topological polar surface area (TPSA) is 48.7 Å². The highest BCUT2D eigenvalue weighted by Gasteiger charge is 2.17. The standard InChI is InChI=1S/C16H13F2N3/c1-9-5-13(18)15(7-12(9)17)21-16-11(8-19)6-10-3-2-4-14(10)20-16/h5-7H,2-4H2,1H3,(H,20,21). The Bertz CT molecular complexity index is 763. The molecule has 3 rings (SSSR count). The maximum Gasteiger partial charge on any atom is 0.148 e. The molecule has 1 heterocycles. The molecule has 0 unspecified atom stereocenters. The number of nitriles is 1. The van der Waals surface area contributed by atoms with E-state index in [9.17, 15) is 14.0 Å². The summed E-state index contributed by atoms with van der Waals surface area (Å²) in [5, 5.41) is 11.9. The molecule has 0 saturated heterocycles. The monoisotopic (exact) mass is 285 g/mol. The highest BCUT2D eigenvalue weighted by molar-refractivity contribution is 5.64. The van der Waals surface area contributed by atoms with Gasteiger partial charge in [-0.25, -0.2) is 13.8 Å². The van der Waals surface area contributed by atoms with Crippen molar-refractivity contribution >= 4 is 11.5 Å². The lowest BCUT2D eigenvalue weighted by Crippen LogP contribution is -2.03. The minimum atomic E-state index is -0.569. The predicted octanol–water partition coefficient (Wildman–Crippen LogP) is 3.77. The Hall–Kier alpha value is -2.48. The molecule has 0 radical (unpaired) electrons. The van der Waals surface area contributed by atoms with Crippen LogP contribution < -0.4 is 5.32 Å². The summed E-state index contributed by atoms with van der Waals surface area (Å²) in [6.07, 6.45) is 2.76. The number of nitrogens with zero attached hydrogens (tertiary/aromatic N) is 2. The molecule has 0 amide bonds. The zero-order chi connectivity index (χ0) is 15.0. The zero-order valence-electron chi connectivity index (χ0n) is 11.5. The Morgan fingerprint density at radius 1 is 1.19 bits per heavy atom. The number of hydrogen-bond donors (Lipinski definition) is 1. The van der Waals surface area contributed by atoms with Crippen LogP contribution in [0.15, 0.2) is 18.2 Å². The zero-order valence-corrected chi connectivity index (χ0v) is 11.5. The lowest BCUT2D eigenvalue weighted by molar-refractivity contribution is 0.595. The van der Waals surface area contributed by atoms with Crippen LogP contribution in [0.5, 0.6) is 0 Å². The number of rotatable bonds is 2. The SMILES string of the molecule is Cc1cc(F)c(Nc2nc3c(cc2C#N)CCC3)cc1F. The van der Waals surface area contributed by atoms with E-state index >= 15 is 0 Å². The molecular weight excluding hydrogens is 272 g/mol. The van der Waals surface area contributed by atoms with Crippen molar-refractivity contribution in [3.8, 4) is 6.07 Å². The summed E-state index contributed by atoms with van der Waals surface area (Å²) >= 11 is 0. The predicted molar refractivity (Wildman–Crippen MR) is 75.4 cm³/mol. The van der Waals surface area contributed by atoms with Gasteiger partial charge in [-0.15, -0.1) is 0 Å². The minimum Gasteiger partial charge on any atom is -0.337 e. The second kappa shape index (κ2) is 5.13. The van der Waals surface area contributed by atoms with E-state index in [2.05, 4.69) is 10.3 Å². The molecule has 2 aromatic rings. The van der Waals surface area contributed by atoms with Gasteiger partial charge in [0.15, 0.2) is 0 Å². The number of hydrogen-bond acceptors (Lipinski definition) is 3. The van der Waals surface area contributed by atoms with Gasteiger partial charge in [-0.2, -0.15) is 5.26 Å². The van der Waals surface area contributed by atoms with Crippen LogP contribution in [0.1, 0.15) is 28.8 Å². The molecule has 1 aliphatic carbocycles. The van der Waals surface area contributed by atoms with E-state index < -0.39 is 11.6 Å². The van der Waals surface area contributed by atoms with Gasteiger partial charge in [-0.3, -0.25) is 0 Å². The van der Waals surface area contributed by atoms with Crippen LogP contribution in [-0.4, -0.2) is 4.98 Å². The number of nitrogens with one attached hydrogen (secondary N) is 1. The number of pyridine rings is 1. The van der Waals surface area contributed by atoms with E-state index in [-0.39, 0.29) is 17.1 Å². The van der Waals surface area contributed by atoms with Gasteiger partial charge in [0.1, 0.15) is 23.5 Å². The van der Waals surface area contributed by atoms with Crippen molar-refractivity contribution in [1.82, 2.24) is 4.98 Å². The molecule has 0 aliphatic heterocycles. The van der Waals surface area contributed by atoms with Crippen molar-refractivity contribution in [1.29, 1.82) is 5.26 Å². The Labute approximate surface area is 121 Å². The molecular formula is C16H13F2N3. The second-order valence-corrected chi connectivity index (χ2v) is 5.16. The molecule has 1 N–H and O–H groups in total. The van der Waals surface area contributed by atoms with Crippen molar-refractivity contribution in [3.63, 3.8) is 0 Å². The van der Waals surface area contributed by atoms with Crippen LogP contribution in [0.4, 0.5) is 20.3 Å². The molecule has 0 spiro atoms. The number of benzene rings is 1. The highest BCUT2D eigenvalue weighted by Crippen LogP contribution is 2.28. The first-order valence-corrected chi connectivity index (χ1v) is 6.74. The molecule has 1 aromatic heterocycles. The average Bonchev–Trinajstić information content (AvgIpc) is 2.91. The smallest absolute Gasteiger partial charge is 0.148 e. The van der Waals surface area contributed by atoms with Gasteiger partial charge in [-0.1, -0.05) is 0 Å². The third-order valence-corrected chi connectivity index (χ3v) is 3.67. The fourth-order valence-corrected chi connectivity index (χ4v) is 2.52. The van der Waals surface area contributed by atoms with E-state index in [4.69, 9.17) is 0 Å². The summed E-state index contributed by atoms with van der Waals surface area (Å²) in [5.41, 5.74) is 2.55. The van der Waals surface area contributed by atoms with Crippen LogP contribution in [0.3, 0.4) is 0 Å². The largest absolute Gasteiger partial charge is 0.337 e. The number of fused-ring (bicyclic) bond motifs is 1. The van der Waals surface area contributed by atoms with Crippen molar-refractivity contribution in [2.45, 2.75) is 26.2 Å². The molecule has 0 atom stereocenters. The summed E-state index contributed by atoms with van der Waals surface area (Å²) < 4.78 is 27.5. The normalized spacial score (nSPS) is 12.9. The van der Waals surface area contributed by atoms with E-state index in [1.165, 1.54) is 6.92 Å². The first kappa shape index (κ1) is 13.5. The van der Waals surface area contributed by atoms with Gasteiger partial charge in [0.05, 0.1) is 11.3 Å². The molecule has 0 fully saturated rings. The van der Waals surface area contributed by atoms with Crippen molar-refractivity contribution in [2.24, 2.45) is 0 Å². The Balaban J connectivity index is 2.02. The summed E-state index contributed by atoms with van der Waals surface area (Å²) in [6, 6.07) is 6.03. The maximum atomic E-state index is 13.9. The van der Waals surface area contributed by atoms with E-state index in [1.807, 2.05) is 6.07 Å². The Morgan fingerprint density at radius 2 is 2.00 bits per heavy atom. The number of anilines is 2. The molecule has 0 bridgehead atoms. The number of halogens is 2. The van der Waals surface area contributed by atoms with Crippen LogP contribution in [0.25, 0.3) is 0 Å².